The molecule has 21 heavy (non-hydrogen) atoms. The largest absolute Gasteiger partial charge is 0.380 e. The zero-order valence-electron chi connectivity index (χ0n) is 11.6. The summed E-state index contributed by atoms with van der Waals surface area (Å²) in [5, 5.41) is 7.63. The number of pyridine rings is 1. The molecule has 0 aliphatic carbocycles. The van der Waals surface area contributed by atoms with Gasteiger partial charge in [0.1, 0.15) is 0 Å². The topological polar surface area (TPSA) is 51.5 Å². The van der Waals surface area contributed by atoms with Gasteiger partial charge in [0.2, 0.25) is 5.95 Å². The van der Waals surface area contributed by atoms with Gasteiger partial charge < -0.3 is 10.1 Å². The van der Waals surface area contributed by atoms with Crippen LogP contribution >= 0.6 is 15.9 Å². The Labute approximate surface area is 131 Å². The predicted molar refractivity (Wildman–Crippen MR) is 85.2 cm³/mol. The maximum absolute atomic E-state index is 5.15. The van der Waals surface area contributed by atoms with Gasteiger partial charge in [-0.05, 0) is 39.2 Å². The molecule has 3 aromatic rings. The number of nitrogens with zero attached hydrogens (tertiary/aromatic N) is 3. The molecular formula is C15H15BrN4O. The number of anilines is 1. The van der Waals surface area contributed by atoms with Crippen molar-refractivity contribution in [1.82, 2.24) is 14.6 Å². The van der Waals surface area contributed by atoms with E-state index < -0.39 is 0 Å². The Morgan fingerprint density at radius 1 is 1.24 bits per heavy atom. The summed E-state index contributed by atoms with van der Waals surface area (Å²) in [6.45, 7) is 1.29. The van der Waals surface area contributed by atoms with Crippen molar-refractivity contribution in [2.45, 2.75) is 13.2 Å². The summed E-state index contributed by atoms with van der Waals surface area (Å²) in [4.78, 5) is 4.46. The fourth-order valence-electron chi connectivity index (χ4n) is 2.13. The standard InChI is InChI=1S/C15H15BrN4O/c1-21-10-12-5-2-4-11(8-12)9-17-15-18-14-13(16)6-3-7-20(14)19-15/h2-8H,9-10H2,1H3,(H,17,19). The van der Waals surface area contributed by atoms with Crippen LogP contribution in [0.5, 0.6) is 0 Å². The predicted octanol–water partition coefficient (Wildman–Crippen LogP) is 3.25. The van der Waals surface area contributed by atoms with E-state index in [0.29, 0.717) is 19.1 Å². The normalized spacial score (nSPS) is 11.0. The number of nitrogens with one attached hydrogen (secondary N) is 1. The van der Waals surface area contributed by atoms with Crippen molar-refractivity contribution < 1.29 is 4.74 Å². The molecule has 5 nitrogen and oxygen atoms in total. The summed E-state index contributed by atoms with van der Waals surface area (Å²) in [5.41, 5.74) is 3.12. The van der Waals surface area contributed by atoms with E-state index in [-0.39, 0.29) is 0 Å². The van der Waals surface area contributed by atoms with Gasteiger partial charge in [-0.25, -0.2) is 4.52 Å². The monoisotopic (exact) mass is 346 g/mol. The van der Waals surface area contributed by atoms with Crippen LogP contribution in [0.15, 0.2) is 47.1 Å². The van der Waals surface area contributed by atoms with Gasteiger partial charge in [-0.3, -0.25) is 0 Å². The van der Waals surface area contributed by atoms with E-state index in [1.165, 1.54) is 5.56 Å². The summed E-state index contributed by atoms with van der Waals surface area (Å²) < 4.78 is 7.81. The third-order valence-corrected chi connectivity index (χ3v) is 3.69. The molecule has 0 saturated heterocycles. The Balaban J connectivity index is 1.74. The SMILES string of the molecule is COCc1cccc(CNc2nc3c(Br)cccn3n2)c1. The van der Waals surface area contributed by atoms with Crippen LogP contribution in [-0.4, -0.2) is 21.7 Å². The molecule has 0 aliphatic rings. The highest BCUT2D eigenvalue weighted by molar-refractivity contribution is 9.10. The highest BCUT2D eigenvalue weighted by Gasteiger charge is 2.05. The third kappa shape index (κ3) is 3.22. The molecule has 0 saturated carbocycles. The van der Waals surface area contributed by atoms with Crippen LogP contribution in [0.2, 0.25) is 0 Å². The minimum atomic E-state index is 0.610. The fourth-order valence-corrected chi connectivity index (χ4v) is 2.55. The van der Waals surface area contributed by atoms with E-state index in [4.69, 9.17) is 4.74 Å². The second-order valence-corrected chi connectivity index (χ2v) is 5.52. The number of hydrogen-bond donors (Lipinski definition) is 1. The second kappa shape index (κ2) is 6.24. The van der Waals surface area contributed by atoms with Gasteiger partial charge in [-0.2, -0.15) is 4.98 Å². The van der Waals surface area contributed by atoms with Gasteiger partial charge in [-0.1, -0.05) is 24.3 Å². The summed E-state index contributed by atoms with van der Waals surface area (Å²) >= 11 is 3.47. The molecule has 0 spiro atoms. The van der Waals surface area contributed by atoms with Gasteiger partial charge in [-0.15, -0.1) is 5.10 Å². The molecule has 3 rings (SSSR count). The Bertz CT molecular complexity index is 756. The molecule has 2 aromatic heterocycles. The van der Waals surface area contributed by atoms with Gasteiger partial charge in [0.25, 0.3) is 0 Å². The van der Waals surface area contributed by atoms with Crippen molar-refractivity contribution >= 4 is 27.5 Å². The zero-order valence-corrected chi connectivity index (χ0v) is 13.2. The van der Waals surface area contributed by atoms with E-state index >= 15 is 0 Å². The lowest BCUT2D eigenvalue weighted by Crippen LogP contribution is -2.02. The average Bonchev–Trinajstić information content (AvgIpc) is 2.91. The molecule has 0 amide bonds. The molecule has 0 atom stereocenters. The number of benzene rings is 1. The minimum absolute atomic E-state index is 0.610. The van der Waals surface area contributed by atoms with Gasteiger partial charge >= 0.3 is 0 Å². The molecule has 0 fully saturated rings. The molecule has 2 heterocycles. The number of ether oxygens (including phenoxy) is 1. The first-order chi connectivity index (χ1) is 10.3. The number of aromatic nitrogens is 3. The summed E-state index contributed by atoms with van der Waals surface area (Å²) in [5.74, 6) is 0.610. The van der Waals surface area contributed by atoms with Crippen LogP contribution in [0.3, 0.4) is 0 Å². The van der Waals surface area contributed by atoms with E-state index in [0.717, 1.165) is 15.7 Å². The van der Waals surface area contributed by atoms with Crippen molar-refractivity contribution in [3.05, 3.63) is 58.2 Å². The molecule has 6 heteroatoms. The van der Waals surface area contributed by atoms with E-state index in [2.05, 4.69) is 43.5 Å². The molecule has 108 valence electrons. The average molecular weight is 347 g/mol. The molecule has 1 N–H and O–H groups in total. The summed E-state index contributed by atoms with van der Waals surface area (Å²) in [6, 6.07) is 12.1. The number of hydrogen-bond acceptors (Lipinski definition) is 4. The van der Waals surface area contributed by atoms with Crippen molar-refractivity contribution in [3.8, 4) is 0 Å². The lowest BCUT2D eigenvalue weighted by molar-refractivity contribution is 0.185. The van der Waals surface area contributed by atoms with Crippen molar-refractivity contribution in [3.63, 3.8) is 0 Å². The quantitative estimate of drug-likeness (QED) is 0.770. The van der Waals surface area contributed by atoms with Crippen LogP contribution in [0.1, 0.15) is 11.1 Å². The van der Waals surface area contributed by atoms with Crippen LogP contribution in [0.25, 0.3) is 5.65 Å². The third-order valence-electron chi connectivity index (χ3n) is 3.07. The summed E-state index contributed by atoms with van der Waals surface area (Å²) in [7, 11) is 1.70. The van der Waals surface area contributed by atoms with Gasteiger partial charge in [0.15, 0.2) is 5.65 Å². The number of fused-ring (bicyclic) bond motifs is 1. The van der Waals surface area contributed by atoms with Crippen LogP contribution in [-0.2, 0) is 17.9 Å². The maximum Gasteiger partial charge on any atom is 0.243 e. The van der Waals surface area contributed by atoms with E-state index in [9.17, 15) is 0 Å². The minimum Gasteiger partial charge on any atom is -0.380 e. The van der Waals surface area contributed by atoms with Crippen molar-refractivity contribution in [2.24, 2.45) is 0 Å². The van der Waals surface area contributed by atoms with Crippen molar-refractivity contribution in [1.29, 1.82) is 0 Å². The van der Waals surface area contributed by atoms with Gasteiger partial charge in [0.05, 0.1) is 11.1 Å². The molecule has 0 unspecified atom stereocenters. The Morgan fingerprint density at radius 3 is 2.90 bits per heavy atom. The Hall–Kier alpha value is -1.92. The number of rotatable bonds is 5. The number of methoxy groups -OCH3 is 1. The molecule has 1 aromatic carbocycles. The van der Waals surface area contributed by atoms with Gasteiger partial charge in [0, 0.05) is 19.9 Å². The highest BCUT2D eigenvalue weighted by Crippen LogP contribution is 2.17. The highest BCUT2D eigenvalue weighted by atomic mass is 79.9. The first-order valence-electron chi connectivity index (χ1n) is 6.58. The lowest BCUT2D eigenvalue weighted by atomic mass is 10.1. The molecule has 0 bridgehead atoms. The van der Waals surface area contributed by atoms with E-state index in [1.807, 2.05) is 30.5 Å². The first-order valence-corrected chi connectivity index (χ1v) is 7.37. The maximum atomic E-state index is 5.15. The second-order valence-electron chi connectivity index (χ2n) is 4.67. The summed E-state index contributed by atoms with van der Waals surface area (Å²) in [6.07, 6.45) is 1.87. The fraction of sp³-hybridized carbons (Fsp3) is 0.200. The Morgan fingerprint density at radius 2 is 2.10 bits per heavy atom. The molecule has 0 radical (unpaired) electrons. The smallest absolute Gasteiger partial charge is 0.243 e. The Kier molecular flexibility index (Phi) is 4.17. The molecular weight excluding hydrogens is 332 g/mol. The van der Waals surface area contributed by atoms with Crippen LogP contribution < -0.4 is 5.32 Å². The van der Waals surface area contributed by atoms with Crippen LogP contribution in [0, 0.1) is 0 Å². The van der Waals surface area contributed by atoms with Crippen molar-refractivity contribution in [2.75, 3.05) is 12.4 Å². The lowest BCUT2D eigenvalue weighted by Gasteiger charge is -2.05. The van der Waals surface area contributed by atoms with E-state index in [1.54, 1.807) is 11.6 Å². The molecule has 0 aliphatic heterocycles. The number of halogens is 1. The van der Waals surface area contributed by atoms with Crippen LogP contribution in [0.4, 0.5) is 5.95 Å². The first kappa shape index (κ1) is 14.0. The zero-order chi connectivity index (χ0) is 14.7.